The van der Waals surface area contributed by atoms with Crippen molar-refractivity contribution in [2.24, 2.45) is 5.92 Å². The lowest BCUT2D eigenvalue weighted by Gasteiger charge is -2.18. The molecular formula is C19H17BrFN3O3. The van der Waals surface area contributed by atoms with Crippen LogP contribution >= 0.6 is 15.9 Å². The molecule has 140 valence electrons. The number of anilines is 1. The van der Waals surface area contributed by atoms with Crippen LogP contribution in [0.25, 0.3) is 0 Å². The standard InChI is InChI=1S/C19H17BrFN3O3/c20-15-3-1-2-4-16(15)24-11-13(10-18(24)26)19(27)23-22-17(25)9-12-5-7-14(21)8-6-12/h1-8,13H,9-11H2,(H,22,25)(H,23,27). The fraction of sp³-hybridized carbons (Fsp3) is 0.211. The first-order valence-electron chi connectivity index (χ1n) is 8.32. The molecule has 1 fully saturated rings. The summed E-state index contributed by atoms with van der Waals surface area (Å²) in [7, 11) is 0. The van der Waals surface area contributed by atoms with Gasteiger partial charge in [-0.3, -0.25) is 25.2 Å². The Bertz CT molecular complexity index is 873. The molecule has 8 heteroatoms. The first kappa shape index (κ1) is 19.0. The fourth-order valence-corrected chi connectivity index (χ4v) is 3.35. The Labute approximate surface area is 163 Å². The van der Waals surface area contributed by atoms with Crippen LogP contribution in [0.3, 0.4) is 0 Å². The second-order valence-corrected chi connectivity index (χ2v) is 7.05. The Hall–Kier alpha value is -2.74. The molecule has 1 aliphatic heterocycles. The van der Waals surface area contributed by atoms with Gasteiger partial charge < -0.3 is 4.90 Å². The average molecular weight is 434 g/mol. The number of benzene rings is 2. The molecule has 0 spiro atoms. The maximum atomic E-state index is 12.9. The van der Waals surface area contributed by atoms with E-state index in [0.717, 1.165) is 4.47 Å². The van der Waals surface area contributed by atoms with Crippen LogP contribution in [0.15, 0.2) is 53.0 Å². The highest BCUT2D eigenvalue weighted by atomic mass is 79.9. The molecule has 2 N–H and O–H groups in total. The van der Waals surface area contributed by atoms with Crippen molar-refractivity contribution in [3.63, 3.8) is 0 Å². The van der Waals surface area contributed by atoms with Gasteiger partial charge in [-0.05, 0) is 45.8 Å². The van der Waals surface area contributed by atoms with Crippen LogP contribution in [0, 0.1) is 11.7 Å². The van der Waals surface area contributed by atoms with Gasteiger partial charge in [-0.25, -0.2) is 4.39 Å². The second-order valence-electron chi connectivity index (χ2n) is 6.20. The van der Waals surface area contributed by atoms with E-state index in [9.17, 15) is 18.8 Å². The van der Waals surface area contributed by atoms with Gasteiger partial charge >= 0.3 is 0 Å². The highest BCUT2D eigenvalue weighted by molar-refractivity contribution is 9.10. The minimum Gasteiger partial charge on any atom is -0.310 e. The van der Waals surface area contributed by atoms with Gasteiger partial charge in [0.05, 0.1) is 18.0 Å². The summed E-state index contributed by atoms with van der Waals surface area (Å²) in [5, 5.41) is 0. The molecule has 1 saturated heterocycles. The molecule has 0 bridgehead atoms. The Kier molecular flexibility index (Phi) is 5.85. The number of carbonyl (C=O) groups excluding carboxylic acids is 3. The molecule has 1 unspecified atom stereocenters. The van der Waals surface area contributed by atoms with Gasteiger partial charge in [0.1, 0.15) is 5.82 Å². The number of hydrogen-bond acceptors (Lipinski definition) is 3. The molecule has 1 aliphatic rings. The number of halogens is 2. The van der Waals surface area contributed by atoms with Crippen molar-refractivity contribution >= 4 is 39.3 Å². The first-order chi connectivity index (χ1) is 12.9. The number of nitrogens with zero attached hydrogens (tertiary/aromatic N) is 1. The summed E-state index contributed by atoms with van der Waals surface area (Å²) in [5.41, 5.74) is 6.02. The van der Waals surface area contributed by atoms with Gasteiger partial charge in [-0.2, -0.15) is 0 Å². The van der Waals surface area contributed by atoms with E-state index in [1.807, 2.05) is 18.2 Å². The summed E-state index contributed by atoms with van der Waals surface area (Å²) in [6.45, 7) is 0.237. The number of hydrazine groups is 1. The third-order valence-corrected chi connectivity index (χ3v) is 4.91. The van der Waals surface area contributed by atoms with Gasteiger partial charge in [-0.15, -0.1) is 0 Å². The number of para-hydroxylation sites is 1. The van der Waals surface area contributed by atoms with Crippen LogP contribution in [0.2, 0.25) is 0 Å². The molecule has 0 aromatic heterocycles. The van der Waals surface area contributed by atoms with Gasteiger partial charge in [-0.1, -0.05) is 24.3 Å². The third kappa shape index (κ3) is 4.71. The average Bonchev–Trinajstić information content (AvgIpc) is 3.04. The molecule has 0 radical (unpaired) electrons. The van der Waals surface area contributed by atoms with Crippen molar-refractivity contribution in [3.8, 4) is 0 Å². The maximum absolute atomic E-state index is 12.9. The van der Waals surface area contributed by atoms with E-state index in [4.69, 9.17) is 0 Å². The Morgan fingerprint density at radius 1 is 1.11 bits per heavy atom. The third-order valence-electron chi connectivity index (χ3n) is 4.24. The van der Waals surface area contributed by atoms with Crippen molar-refractivity contribution in [1.29, 1.82) is 0 Å². The number of rotatable bonds is 4. The van der Waals surface area contributed by atoms with E-state index in [0.29, 0.717) is 11.3 Å². The quantitative estimate of drug-likeness (QED) is 0.726. The predicted octanol–water partition coefficient (Wildman–Crippen LogP) is 2.33. The zero-order chi connectivity index (χ0) is 19.4. The van der Waals surface area contributed by atoms with Crippen molar-refractivity contribution < 1.29 is 18.8 Å². The van der Waals surface area contributed by atoms with Crippen molar-refractivity contribution in [3.05, 3.63) is 64.4 Å². The minimum absolute atomic E-state index is 0.00719. The summed E-state index contributed by atoms with van der Waals surface area (Å²) in [6, 6.07) is 12.8. The van der Waals surface area contributed by atoms with Crippen LogP contribution in [0.5, 0.6) is 0 Å². The Morgan fingerprint density at radius 3 is 2.52 bits per heavy atom. The van der Waals surface area contributed by atoms with Crippen LogP contribution in [0.1, 0.15) is 12.0 Å². The van der Waals surface area contributed by atoms with Gasteiger partial charge in [0, 0.05) is 17.4 Å². The molecule has 6 nitrogen and oxygen atoms in total. The molecular weight excluding hydrogens is 417 g/mol. The fourth-order valence-electron chi connectivity index (χ4n) is 2.85. The SMILES string of the molecule is O=C(Cc1ccc(F)cc1)NNC(=O)C1CC(=O)N(c2ccccc2Br)C1. The topological polar surface area (TPSA) is 78.5 Å². The smallest absolute Gasteiger partial charge is 0.243 e. The summed E-state index contributed by atoms with van der Waals surface area (Å²) in [5.74, 6) is -1.95. The molecule has 27 heavy (non-hydrogen) atoms. The van der Waals surface area contributed by atoms with Gasteiger partial charge in [0.15, 0.2) is 0 Å². The first-order valence-corrected chi connectivity index (χ1v) is 9.11. The number of amides is 3. The molecule has 2 aromatic rings. The summed E-state index contributed by atoms with van der Waals surface area (Å²) >= 11 is 3.40. The molecule has 0 aliphatic carbocycles. The van der Waals surface area contributed by atoms with Crippen LogP contribution in [-0.4, -0.2) is 24.3 Å². The van der Waals surface area contributed by atoms with Crippen LogP contribution in [0.4, 0.5) is 10.1 Å². The molecule has 3 amide bonds. The van der Waals surface area contributed by atoms with Crippen molar-refractivity contribution in [2.75, 3.05) is 11.4 Å². The zero-order valence-electron chi connectivity index (χ0n) is 14.2. The maximum Gasteiger partial charge on any atom is 0.243 e. The predicted molar refractivity (Wildman–Crippen MR) is 101 cm³/mol. The minimum atomic E-state index is -0.560. The van der Waals surface area contributed by atoms with E-state index in [1.165, 1.54) is 24.3 Å². The van der Waals surface area contributed by atoms with Crippen LogP contribution in [-0.2, 0) is 20.8 Å². The zero-order valence-corrected chi connectivity index (χ0v) is 15.8. The van der Waals surface area contributed by atoms with E-state index in [-0.39, 0.29) is 31.1 Å². The molecule has 1 atom stereocenters. The lowest BCUT2D eigenvalue weighted by molar-refractivity contribution is -0.131. The lowest BCUT2D eigenvalue weighted by Crippen LogP contribution is -2.45. The lowest BCUT2D eigenvalue weighted by atomic mass is 10.1. The molecule has 0 saturated carbocycles. The monoisotopic (exact) mass is 433 g/mol. The Balaban J connectivity index is 1.53. The number of nitrogens with one attached hydrogen (secondary N) is 2. The summed E-state index contributed by atoms with van der Waals surface area (Å²) in [4.78, 5) is 38.0. The van der Waals surface area contributed by atoms with Crippen molar-refractivity contribution in [1.82, 2.24) is 10.9 Å². The van der Waals surface area contributed by atoms with E-state index in [1.54, 1.807) is 11.0 Å². The normalized spacial score (nSPS) is 16.3. The molecule has 1 heterocycles. The molecule has 2 aromatic carbocycles. The molecule has 3 rings (SSSR count). The highest BCUT2D eigenvalue weighted by Crippen LogP contribution is 2.31. The van der Waals surface area contributed by atoms with Crippen LogP contribution < -0.4 is 15.8 Å². The van der Waals surface area contributed by atoms with E-state index < -0.39 is 17.7 Å². The van der Waals surface area contributed by atoms with E-state index >= 15 is 0 Å². The number of carbonyl (C=O) groups is 3. The highest BCUT2D eigenvalue weighted by Gasteiger charge is 2.35. The summed E-state index contributed by atoms with van der Waals surface area (Å²) in [6.07, 6.45) is 0.0776. The summed E-state index contributed by atoms with van der Waals surface area (Å²) < 4.78 is 13.6. The van der Waals surface area contributed by atoms with Crippen molar-refractivity contribution in [2.45, 2.75) is 12.8 Å². The number of hydrogen-bond donors (Lipinski definition) is 2. The van der Waals surface area contributed by atoms with Gasteiger partial charge in [0.25, 0.3) is 0 Å². The largest absolute Gasteiger partial charge is 0.310 e. The Morgan fingerprint density at radius 2 is 1.81 bits per heavy atom. The van der Waals surface area contributed by atoms with E-state index in [2.05, 4.69) is 26.8 Å². The van der Waals surface area contributed by atoms with Gasteiger partial charge in [0.2, 0.25) is 17.7 Å². The second kappa shape index (κ2) is 8.30.